The lowest BCUT2D eigenvalue weighted by molar-refractivity contribution is -0.387. The highest BCUT2D eigenvalue weighted by Crippen LogP contribution is 2.21. The van der Waals surface area contributed by atoms with Crippen molar-refractivity contribution < 1.29 is 33.6 Å². The van der Waals surface area contributed by atoms with Crippen LogP contribution in [-0.2, 0) is 9.59 Å². The number of benzene rings is 1. The Balaban J connectivity index is 2.58. The second-order valence-corrected chi connectivity index (χ2v) is 5.69. The number of amides is 1. The summed E-state index contributed by atoms with van der Waals surface area (Å²) in [5.74, 6) is -4.92. The lowest BCUT2D eigenvalue weighted by atomic mass is 9.48. The van der Waals surface area contributed by atoms with Crippen molar-refractivity contribution in [3.05, 3.63) is 33.9 Å². The number of rotatable bonds is 2. The van der Waals surface area contributed by atoms with Crippen LogP contribution in [0.15, 0.2) is 12.1 Å². The van der Waals surface area contributed by atoms with E-state index in [2.05, 4.69) is 0 Å². The van der Waals surface area contributed by atoms with E-state index >= 15 is 0 Å². The molecule has 0 aliphatic carbocycles. The molecule has 1 aliphatic heterocycles. The summed E-state index contributed by atoms with van der Waals surface area (Å²) in [7, 11) is 0. The van der Waals surface area contributed by atoms with Crippen molar-refractivity contribution in [1.82, 2.24) is 4.97 Å². The van der Waals surface area contributed by atoms with Gasteiger partial charge in [-0.25, -0.2) is 4.39 Å². The number of hydrogen-bond acceptors (Lipinski definition) is 6. The first kappa shape index (κ1) is 18.0. The number of Topliss-reactive ketones (excluding diaryl/α,β-unsaturated/α-hetero) is 1. The summed E-state index contributed by atoms with van der Waals surface area (Å²) in [5.41, 5.74) is -1.84. The maximum atomic E-state index is 14.1. The Bertz CT molecular complexity index is 692. The molecule has 1 amide bonds. The van der Waals surface area contributed by atoms with Crippen LogP contribution in [0.3, 0.4) is 0 Å². The minimum Gasteiger partial charge on any atom is -0.391 e. The smallest absolute Gasteiger partial charge is 0.366 e. The normalized spacial score (nSPS) is 22.4. The van der Waals surface area contributed by atoms with E-state index in [4.69, 9.17) is 0 Å². The number of hydrogen-bond donors (Lipinski definition) is 2. The van der Waals surface area contributed by atoms with Gasteiger partial charge in [0.1, 0.15) is 11.8 Å². The van der Waals surface area contributed by atoms with Crippen molar-refractivity contribution >= 4 is 29.7 Å². The van der Waals surface area contributed by atoms with E-state index in [9.17, 15) is 38.8 Å². The molecule has 24 heavy (non-hydrogen) atoms. The Kier molecular flexibility index (Phi) is 4.95. The summed E-state index contributed by atoms with van der Waals surface area (Å²) >= 11 is 0. The van der Waals surface area contributed by atoms with Crippen LogP contribution in [0.5, 0.6) is 0 Å². The number of nitro benzene ring substituents is 1. The molecule has 0 bridgehead atoms. The number of carbonyl (C=O) groups is 2. The Morgan fingerprint density at radius 3 is 2.50 bits per heavy atom. The first-order chi connectivity index (χ1) is 11.1. The first-order valence-electron chi connectivity index (χ1n) is 6.98. The van der Waals surface area contributed by atoms with Crippen molar-refractivity contribution in [3.8, 4) is 0 Å². The van der Waals surface area contributed by atoms with Gasteiger partial charge >= 0.3 is 12.5 Å². The molecule has 8 nitrogen and oxygen atoms in total. The Morgan fingerprint density at radius 2 is 1.92 bits per heavy atom. The number of nitro groups is 1. The molecular formula is C13H13BF2N2O6. The van der Waals surface area contributed by atoms with E-state index in [1.807, 2.05) is 0 Å². The molecule has 11 heteroatoms. The Labute approximate surface area is 134 Å². The van der Waals surface area contributed by atoms with Crippen LogP contribution in [0.25, 0.3) is 0 Å². The fraction of sp³-hybridized carbons (Fsp3) is 0.385. The van der Waals surface area contributed by atoms with E-state index in [1.54, 1.807) is 6.92 Å². The van der Waals surface area contributed by atoms with Gasteiger partial charge in [0.05, 0.1) is 4.92 Å². The number of ketones is 1. The van der Waals surface area contributed by atoms with Crippen molar-refractivity contribution in [2.75, 3.05) is 0 Å². The van der Waals surface area contributed by atoms with E-state index in [1.165, 1.54) is 0 Å². The summed E-state index contributed by atoms with van der Waals surface area (Å²) < 4.78 is 27.5. The third-order valence-electron chi connectivity index (χ3n) is 3.80. The SMILES string of the molecule is CC1CC(=O)C(O)B(c2cc([N+](=O)[O-])c(F)cc2F)N(O)C(=O)C1. The number of aliphatic hydroxyl groups is 1. The highest BCUT2D eigenvalue weighted by Gasteiger charge is 2.44. The van der Waals surface area contributed by atoms with E-state index in [0.717, 1.165) is 0 Å². The third-order valence-corrected chi connectivity index (χ3v) is 3.80. The largest absolute Gasteiger partial charge is 0.391 e. The molecule has 1 aromatic carbocycles. The van der Waals surface area contributed by atoms with Gasteiger partial charge in [-0.1, -0.05) is 6.92 Å². The molecule has 128 valence electrons. The number of nitrogens with zero attached hydrogens (tertiary/aromatic N) is 2. The summed E-state index contributed by atoms with van der Waals surface area (Å²) in [4.78, 5) is 33.6. The molecule has 2 N–H and O–H groups in total. The molecule has 0 radical (unpaired) electrons. The monoisotopic (exact) mass is 342 g/mol. The fourth-order valence-electron chi connectivity index (χ4n) is 2.62. The fourth-order valence-corrected chi connectivity index (χ4v) is 2.62. The van der Waals surface area contributed by atoms with E-state index < -0.39 is 58.2 Å². The Morgan fingerprint density at radius 1 is 1.29 bits per heavy atom. The van der Waals surface area contributed by atoms with Crippen LogP contribution in [0.2, 0.25) is 0 Å². The first-order valence-corrected chi connectivity index (χ1v) is 6.98. The minimum atomic E-state index is -2.01. The van der Waals surface area contributed by atoms with Crippen LogP contribution in [0, 0.1) is 27.7 Å². The van der Waals surface area contributed by atoms with E-state index in [0.29, 0.717) is 6.07 Å². The van der Waals surface area contributed by atoms with Gasteiger partial charge in [0.15, 0.2) is 5.78 Å². The molecule has 1 aromatic rings. The summed E-state index contributed by atoms with van der Waals surface area (Å²) in [5, 5.41) is 30.9. The number of carbonyl (C=O) groups excluding carboxylic acids is 2. The molecule has 1 aliphatic rings. The van der Waals surface area contributed by atoms with Gasteiger partial charge < -0.3 is 5.11 Å². The lowest BCUT2D eigenvalue weighted by Crippen LogP contribution is -2.61. The maximum Gasteiger partial charge on any atom is 0.366 e. The molecule has 1 saturated heterocycles. The topological polar surface area (TPSA) is 121 Å². The molecule has 2 unspecified atom stereocenters. The molecule has 1 fully saturated rings. The maximum absolute atomic E-state index is 14.1. The van der Waals surface area contributed by atoms with Crippen molar-refractivity contribution in [2.45, 2.75) is 25.8 Å². The van der Waals surface area contributed by atoms with Crippen LogP contribution in [-0.4, -0.2) is 44.8 Å². The summed E-state index contributed by atoms with van der Waals surface area (Å²) in [6, 6.07) is -1.36. The van der Waals surface area contributed by atoms with Crippen LogP contribution >= 0.6 is 0 Å². The molecule has 2 atom stereocenters. The van der Waals surface area contributed by atoms with Crippen molar-refractivity contribution in [2.24, 2.45) is 5.92 Å². The van der Waals surface area contributed by atoms with Crippen LogP contribution < -0.4 is 5.46 Å². The number of aliphatic hydroxyl groups excluding tert-OH is 1. The molecule has 0 saturated carbocycles. The predicted molar refractivity (Wildman–Crippen MR) is 76.4 cm³/mol. The average molecular weight is 342 g/mol. The molecule has 2 rings (SSSR count). The Hall–Kier alpha value is -2.40. The molecule has 0 spiro atoms. The standard InChI is InChI=1S/C13H13BF2N2O6/c1-6-2-11(19)13(21)14(17(22)12(20)3-6)7-4-10(18(23)24)9(16)5-8(7)15/h4-6,13,21-22H,2-3H2,1H3. The second-order valence-electron chi connectivity index (χ2n) is 5.69. The number of hydroxylamine groups is 1. The molecule has 1 heterocycles. The average Bonchev–Trinajstić information content (AvgIpc) is 2.47. The quantitative estimate of drug-likeness (QED) is 0.342. The highest BCUT2D eigenvalue weighted by atomic mass is 19.1. The second kappa shape index (κ2) is 6.61. The third kappa shape index (κ3) is 3.26. The highest BCUT2D eigenvalue weighted by molar-refractivity contribution is 6.76. The van der Waals surface area contributed by atoms with Gasteiger partial charge in [0.25, 0.3) is 0 Å². The van der Waals surface area contributed by atoms with Crippen molar-refractivity contribution in [1.29, 1.82) is 0 Å². The zero-order chi connectivity index (χ0) is 18.2. The van der Waals surface area contributed by atoms with Crippen LogP contribution in [0.1, 0.15) is 19.8 Å². The van der Waals surface area contributed by atoms with Gasteiger partial charge in [-0.05, 0) is 11.4 Å². The predicted octanol–water partition coefficient (Wildman–Crippen LogP) is 0.188. The van der Waals surface area contributed by atoms with E-state index in [-0.39, 0.29) is 23.9 Å². The summed E-state index contributed by atoms with van der Waals surface area (Å²) in [6.07, 6.45) is -0.432. The van der Waals surface area contributed by atoms with Gasteiger partial charge in [0.2, 0.25) is 11.7 Å². The minimum absolute atomic E-state index is 0.0295. The van der Waals surface area contributed by atoms with Crippen molar-refractivity contribution in [3.63, 3.8) is 0 Å². The van der Waals surface area contributed by atoms with Gasteiger partial charge in [-0.3, -0.25) is 29.9 Å². The number of halogens is 2. The molecular weight excluding hydrogens is 329 g/mol. The zero-order valence-electron chi connectivity index (χ0n) is 12.5. The lowest BCUT2D eigenvalue weighted by Gasteiger charge is -2.30. The van der Waals surface area contributed by atoms with Crippen LogP contribution in [0.4, 0.5) is 14.5 Å². The van der Waals surface area contributed by atoms with Gasteiger partial charge in [-0.15, -0.1) is 0 Å². The van der Waals surface area contributed by atoms with Gasteiger partial charge in [-0.2, -0.15) is 4.39 Å². The summed E-state index contributed by atoms with van der Waals surface area (Å²) in [6.45, 7) is -0.350. The molecule has 0 aromatic heterocycles. The van der Waals surface area contributed by atoms with Gasteiger partial charge in [0, 0.05) is 25.0 Å². The zero-order valence-corrected chi connectivity index (χ0v) is 12.5.